The van der Waals surface area contributed by atoms with Crippen LogP contribution in [0.5, 0.6) is 5.75 Å². The summed E-state index contributed by atoms with van der Waals surface area (Å²) in [5.74, 6) is 0.671. The van der Waals surface area contributed by atoms with E-state index in [1.54, 1.807) is 12.0 Å². The van der Waals surface area contributed by atoms with Crippen molar-refractivity contribution in [2.45, 2.75) is 83.8 Å². The number of carbonyl (C=O) groups excluding carboxylic acids is 2. The molecule has 1 aliphatic carbocycles. The van der Waals surface area contributed by atoms with E-state index in [-0.39, 0.29) is 17.9 Å². The van der Waals surface area contributed by atoms with Gasteiger partial charge in [-0.15, -0.1) is 0 Å². The van der Waals surface area contributed by atoms with Gasteiger partial charge in [0.05, 0.1) is 7.11 Å². The number of aryl methyl sites for hydroxylation is 2. The molecule has 0 bridgehead atoms. The van der Waals surface area contributed by atoms with Crippen LogP contribution in [0.25, 0.3) is 0 Å². The van der Waals surface area contributed by atoms with E-state index >= 15 is 0 Å². The van der Waals surface area contributed by atoms with Gasteiger partial charge in [-0.25, -0.2) is 0 Å². The highest BCUT2D eigenvalue weighted by atomic mass is 16.5. The second kappa shape index (κ2) is 12.4. The number of hydrogen-bond donors (Lipinski definition) is 1. The van der Waals surface area contributed by atoms with Crippen molar-refractivity contribution in [2.24, 2.45) is 0 Å². The van der Waals surface area contributed by atoms with Crippen molar-refractivity contribution in [1.82, 2.24) is 10.2 Å². The lowest BCUT2D eigenvalue weighted by Gasteiger charge is -2.31. The van der Waals surface area contributed by atoms with E-state index in [1.165, 1.54) is 12.0 Å². The highest BCUT2D eigenvalue weighted by Gasteiger charge is 2.28. The molecular weight excluding hydrogens is 412 g/mol. The molecule has 2 aromatic rings. The molecule has 1 N–H and O–H groups in total. The van der Waals surface area contributed by atoms with Gasteiger partial charge < -0.3 is 15.0 Å². The van der Waals surface area contributed by atoms with Gasteiger partial charge in [0.2, 0.25) is 11.8 Å². The molecule has 0 aromatic heterocycles. The first kappa shape index (κ1) is 24.8. The van der Waals surface area contributed by atoms with Gasteiger partial charge >= 0.3 is 0 Å². The van der Waals surface area contributed by atoms with Crippen molar-refractivity contribution in [3.63, 3.8) is 0 Å². The van der Waals surface area contributed by atoms with Gasteiger partial charge in [-0.3, -0.25) is 9.59 Å². The van der Waals surface area contributed by atoms with Gasteiger partial charge in [-0.1, -0.05) is 62.6 Å². The van der Waals surface area contributed by atoms with Crippen molar-refractivity contribution in [2.75, 3.05) is 7.11 Å². The maximum Gasteiger partial charge on any atom is 0.242 e. The first-order valence-corrected chi connectivity index (χ1v) is 12.3. The van der Waals surface area contributed by atoms with E-state index in [9.17, 15) is 9.59 Å². The van der Waals surface area contributed by atoms with E-state index in [0.717, 1.165) is 49.0 Å². The highest BCUT2D eigenvalue weighted by molar-refractivity contribution is 5.87. The molecule has 0 saturated heterocycles. The number of carbonyl (C=O) groups is 2. The zero-order valence-corrected chi connectivity index (χ0v) is 20.3. The van der Waals surface area contributed by atoms with Crippen molar-refractivity contribution < 1.29 is 14.3 Å². The Morgan fingerprint density at radius 3 is 2.39 bits per heavy atom. The Hall–Kier alpha value is -2.82. The van der Waals surface area contributed by atoms with Crippen molar-refractivity contribution in [3.05, 3.63) is 65.2 Å². The summed E-state index contributed by atoms with van der Waals surface area (Å²) in [5.41, 5.74) is 3.38. The van der Waals surface area contributed by atoms with E-state index in [4.69, 9.17) is 4.74 Å². The normalized spacial score (nSPS) is 15.0. The molecule has 1 fully saturated rings. The Labute approximate surface area is 198 Å². The zero-order chi connectivity index (χ0) is 23.6. The predicted molar refractivity (Wildman–Crippen MR) is 132 cm³/mol. The Bertz CT molecular complexity index is 904. The fourth-order valence-electron chi connectivity index (χ4n) is 4.46. The Morgan fingerprint density at radius 2 is 1.73 bits per heavy atom. The lowest BCUT2D eigenvalue weighted by atomic mass is 9.95. The van der Waals surface area contributed by atoms with E-state index in [2.05, 4.69) is 36.5 Å². The molecule has 178 valence electrons. The van der Waals surface area contributed by atoms with E-state index in [0.29, 0.717) is 19.4 Å². The Kier molecular flexibility index (Phi) is 9.35. The summed E-state index contributed by atoms with van der Waals surface area (Å²) >= 11 is 0. The van der Waals surface area contributed by atoms with Gasteiger partial charge in [-0.05, 0) is 61.4 Å². The molecule has 1 saturated carbocycles. The van der Waals surface area contributed by atoms with Crippen molar-refractivity contribution in [1.29, 1.82) is 0 Å². The molecule has 1 atom stereocenters. The third-order valence-corrected chi connectivity index (χ3v) is 6.66. The smallest absolute Gasteiger partial charge is 0.242 e. The van der Waals surface area contributed by atoms with Gasteiger partial charge in [0.25, 0.3) is 0 Å². The number of benzene rings is 2. The molecular formula is C28H38N2O3. The summed E-state index contributed by atoms with van der Waals surface area (Å²) in [7, 11) is 1.63. The highest BCUT2D eigenvalue weighted by Crippen LogP contribution is 2.20. The van der Waals surface area contributed by atoms with Crippen LogP contribution >= 0.6 is 0 Å². The minimum absolute atomic E-state index is 0.0105. The second-order valence-electron chi connectivity index (χ2n) is 9.06. The van der Waals surface area contributed by atoms with Crippen molar-refractivity contribution >= 4 is 11.8 Å². The summed E-state index contributed by atoms with van der Waals surface area (Å²) in [6.45, 7) is 4.35. The molecule has 33 heavy (non-hydrogen) atoms. The van der Waals surface area contributed by atoms with Crippen LogP contribution in [0.1, 0.15) is 69.1 Å². The summed E-state index contributed by atoms with van der Waals surface area (Å²) in [5, 5.41) is 3.19. The van der Waals surface area contributed by atoms with Crippen molar-refractivity contribution in [3.8, 4) is 5.75 Å². The topological polar surface area (TPSA) is 58.6 Å². The van der Waals surface area contributed by atoms with Crippen LogP contribution in [-0.4, -0.2) is 35.9 Å². The number of nitrogens with one attached hydrogen (secondary N) is 1. The zero-order valence-electron chi connectivity index (χ0n) is 20.3. The van der Waals surface area contributed by atoms with Crippen LogP contribution in [-0.2, 0) is 29.0 Å². The van der Waals surface area contributed by atoms with E-state index < -0.39 is 6.04 Å². The van der Waals surface area contributed by atoms with Crippen LogP contribution in [0.2, 0.25) is 0 Å². The first-order chi connectivity index (χ1) is 16.0. The molecule has 1 aliphatic rings. The third-order valence-electron chi connectivity index (χ3n) is 6.66. The maximum atomic E-state index is 13.4. The number of amides is 2. The molecule has 0 spiro atoms. The fourth-order valence-corrected chi connectivity index (χ4v) is 4.46. The molecule has 5 heteroatoms. The minimum Gasteiger partial charge on any atom is -0.497 e. The number of rotatable bonds is 10. The molecule has 0 unspecified atom stereocenters. The summed E-state index contributed by atoms with van der Waals surface area (Å²) in [6, 6.07) is 15.8. The Balaban J connectivity index is 1.70. The monoisotopic (exact) mass is 450 g/mol. The summed E-state index contributed by atoms with van der Waals surface area (Å²) < 4.78 is 5.35. The number of nitrogens with zero attached hydrogens (tertiary/aromatic N) is 1. The predicted octanol–water partition coefficient (Wildman–Crippen LogP) is 5.06. The minimum atomic E-state index is -0.534. The van der Waals surface area contributed by atoms with Gasteiger partial charge in [0.15, 0.2) is 0 Å². The van der Waals surface area contributed by atoms with Gasteiger partial charge in [0.1, 0.15) is 11.8 Å². The van der Waals surface area contributed by atoms with Crippen LogP contribution in [0, 0.1) is 0 Å². The maximum absolute atomic E-state index is 13.4. The molecule has 3 rings (SSSR count). The number of methoxy groups -OCH3 is 1. The molecule has 5 nitrogen and oxygen atoms in total. The Morgan fingerprint density at radius 1 is 1.03 bits per heavy atom. The SMILES string of the molecule is CCc1ccc(CCC(=O)N(Cc2cccc(OC)c2)[C@H](C)C(=O)NC2CCCCC2)cc1. The average Bonchev–Trinajstić information content (AvgIpc) is 2.86. The standard InChI is InChI=1S/C28H38N2O3/c1-4-22-13-15-23(16-14-22)17-18-27(31)30(20-24-9-8-12-26(19-24)33-3)21(2)28(32)29-25-10-6-5-7-11-25/h8-9,12-16,19,21,25H,4-7,10-11,17-18,20H2,1-3H3,(H,29,32)/t21-/m1/s1. The lowest BCUT2D eigenvalue weighted by Crippen LogP contribution is -2.50. The summed E-state index contributed by atoms with van der Waals surface area (Å²) in [4.78, 5) is 28.2. The molecule has 0 radical (unpaired) electrons. The summed E-state index contributed by atoms with van der Waals surface area (Å²) in [6.07, 6.45) is 7.63. The second-order valence-corrected chi connectivity index (χ2v) is 9.06. The van der Waals surface area contributed by atoms with Crippen LogP contribution in [0.4, 0.5) is 0 Å². The lowest BCUT2D eigenvalue weighted by molar-refractivity contribution is -0.141. The average molecular weight is 451 g/mol. The molecule has 0 aliphatic heterocycles. The molecule has 0 heterocycles. The largest absolute Gasteiger partial charge is 0.497 e. The molecule has 2 amide bonds. The van der Waals surface area contributed by atoms with Crippen LogP contribution in [0.3, 0.4) is 0 Å². The van der Waals surface area contributed by atoms with Crippen LogP contribution < -0.4 is 10.1 Å². The number of ether oxygens (including phenoxy) is 1. The number of hydrogen-bond acceptors (Lipinski definition) is 3. The van der Waals surface area contributed by atoms with Gasteiger partial charge in [-0.2, -0.15) is 0 Å². The first-order valence-electron chi connectivity index (χ1n) is 12.3. The van der Waals surface area contributed by atoms with Gasteiger partial charge in [0, 0.05) is 19.0 Å². The quantitative estimate of drug-likeness (QED) is 0.551. The fraction of sp³-hybridized carbons (Fsp3) is 0.500. The molecule has 2 aromatic carbocycles. The van der Waals surface area contributed by atoms with E-state index in [1.807, 2.05) is 31.2 Å². The third kappa shape index (κ3) is 7.34. The van der Waals surface area contributed by atoms with Crippen LogP contribution in [0.15, 0.2) is 48.5 Å².